The van der Waals surface area contributed by atoms with Gasteiger partial charge in [0.05, 0.1) is 11.1 Å². The number of aromatic hydroxyl groups is 1. The molecule has 2 heterocycles. The van der Waals surface area contributed by atoms with Gasteiger partial charge in [0.1, 0.15) is 11.5 Å². The molecule has 2 unspecified atom stereocenters. The van der Waals surface area contributed by atoms with Gasteiger partial charge in [-0.05, 0) is 59.4 Å². The summed E-state index contributed by atoms with van der Waals surface area (Å²) in [7, 11) is 0. The third-order valence-corrected chi connectivity index (χ3v) is 6.62. The fourth-order valence-corrected chi connectivity index (χ4v) is 5.11. The molecule has 170 valence electrons. The van der Waals surface area contributed by atoms with Crippen LogP contribution in [0.1, 0.15) is 73.7 Å². The average Bonchev–Trinajstić information content (AvgIpc) is 3.01. The number of fused-ring (bicyclic) bond motifs is 1. The summed E-state index contributed by atoms with van der Waals surface area (Å²) in [5, 5.41) is 10.7. The van der Waals surface area contributed by atoms with Crippen molar-refractivity contribution in [2.45, 2.75) is 59.9 Å². The molecule has 1 fully saturated rings. The van der Waals surface area contributed by atoms with Gasteiger partial charge in [-0.1, -0.05) is 58.9 Å². The van der Waals surface area contributed by atoms with Crippen LogP contribution in [0.15, 0.2) is 36.1 Å². The van der Waals surface area contributed by atoms with E-state index in [-0.39, 0.29) is 16.9 Å². The van der Waals surface area contributed by atoms with Crippen LogP contribution >= 0.6 is 0 Å². The van der Waals surface area contributed by atoms with Crippen molar-refractivity contribution >= 4 is 11.9 Å². The lowest BCUT2D eigenvalue weighted by Crippen LogP contribution is -2.38. The summed E-state index contributed by atoms with van der Waals surface area (Å²) in [6.07, 6.45) is 3.03. The second kappa shape index (κ2) is 8.40. The first-order chi connectivity index (χ1) is 15.0. The van der Waals surface area contributed by atoms with E-state index in [2.05, 4.69) is 51.7 Å². The number of carbonyl (C=O) groups excluding carboxylic acids is 1. The van der Waals surface area contributed by atoms with Crippen molar-refractivity contribution in [1.82, 2.24) is 4.90 Å². The van der Waals surface area contributed by atoms with E-state index in [0.29, 0.717) is 41.0 Å². The zero-order chi connectivity index (χ0) is 23.2. The number of likely N-dealkylation sites (tertiary alicyclic amines) is 1. The minimum Gasteiger partial charge on any atom is -0.507 e. The molecule has 4 nitrogen and oxygen atoms in total. The molecule has 0 amide bonds. The Kier molecular flexibility index (Phi) is 5.93. The Morgan fingerprint density at radius 1 is 1.12 bits per heavy atom. The number of hydrogen-bond donors (Lipinski definition) is 1. The largest absolute Gasteiger partial charge is 0.507 e. The maximum Gasteiger partial charge on any atom is 0.232 e. The van der Waals surface area contributed by atoms with Crippen LogP contribution in [0.2, 0.25) is 0 Å². The summed E-state index contributed by atoms with van der Waals surface area (Å²) in [6.45, 7) is 15.5. The monoisotopic (exact) mass is 433 g/mol. The second-order valence-corrected chi connectivity index (χ2v) is 10.8. The minimum absolute atomic E-state index is 0.0780. The molecule has 1 N–H and O–H groups in total. The van der Waals surface area contributed by atoms with Gasteiger partial charge in [0.15, 0.2) is 5.76 Å². The predicted molar refractivity (Wildman–Crippen MR) is 129 cm³/mol. The molecule has 0 radical (unpaired) electrons. The lowest BCUT2D eigenvalue weighted by Gasteiger charge is -2.35. The van der Waals surface area contributed by atoms with Crippen molar-refractivity contribution in [1.29, 1.82) is 0 Å². The van der Waals surface area contributed by atoms with Crippen LogP contribution in [0.3, 0.4) is 0 Å². The molecule has 2 aromatic carbocycles. The highest BCUT2D eigenvalue weighted by molar-refractivity contribution is 6.15. The first-order valence-corrected chi connectivity index (χ1v) is 11.7. The smallest absolute Gasteiger partial charge is 0.232 e. The predicted octanol–water partition coefficient (Wildman–Crippen LogP) is 6.09. The zero-order valence-corrected chi connectivity index (χ0v) is 20.2. The number of Topliss-reactive ketones (excluding diaryl/α,β-unsaturated/α-hetero) is 1. The van der Waals surface area contributed by atoms with Crippen molar-refractivity contribution in [3.63, 3.8) is 0 Å². The highest BCUT2D eigenvalue weighted by Gasteiger charge is 2.34. The SMILES string of the molecule is Cc1cc(O)c(CN2CC(C)CC(C)C2)c2c1C(=O)/C(=C\c1ccc(C(C)(C)C)cc1)O2. The Balaban J connectivity index is 1.64. The fraction of sp³-hybridized carbons (Fsp3) is 0.464. The molecule has 4 heteroatoms. The summed E-state index contributed by atoms with van der Waals surface area (Å²) in [6, 6.07) is 9.94. The van der Waals surface area contributed by atoms with E-state index >= 15 is 0 Å². The average molecular weight is 434 g/mol. The number of benzene rings is 2. The summed E-state index contributed by atoms with van der Waals surface area (Å²) in [5.74, 6) is 2.17. The summed E-state index contributed by atoms with van der Waals surface area (Å²) in [4.78, 5) is 15.6. The van der Waals surface area contributed by atoms with Crippen LogP contribution in [0, 0.1) is 18.8 Å². The highest BCUT2D eigenvalue weighted by atomic mass is 16.5. The molecule has 0 saturated carbocycles. The minimum atomic E-state index is -0.112. The van der Waals surface area contributed by atoms with E-state index in [1.807, 2.05) is 19.1 Å². The summed E-state index contributed by atoms with van der Waals surface area (Å²) in [5.41, 5.74) is 4.29. The standard InChI is InChI=1S/C28H35NO3/c1-17-11-18(2)15-29(14-17)16-22-23(30)12-19(3)25-26(31)24(32-27(22)25)13-20-7-9-21(10-8-20)28(4,5)6/h7-10,12-13,17-18,30H,11,14-16H2,1-6H3/b24-13+. The normalized spacial score (nSPS) is 22.8. The second-order valence-electron chi connectivity index (χ2n) is 10.8. The van der Waals surface area contributed by atoms with Crippen molar-refractivity contribution in [2.24, 2.45) is 11.8 Å². The van der Waals surface area contributed by atoms with Gasteiger partial charge in [0.2, 0.25) is 5.78 Å². The van der Waals surface area contributed by atoms with Crippen LogP contribution in [0.5, 0.6) is 11.5 Å². The number of carbonyl (C=O) groups is 1. The van der Waals surface area contributed by atoms with Gasteiger partial charge >= 0.3 is 0 Å². The maximum absolute atomic E-state index is 13.2. The number of phenols is 1. The van der Waals surface area contributed by atoms with Gasteiger partial charge in [0.25, 0.3) is 0 Å². The number of ether oxygens (including phenoxy) is 1. The van der Waals surface area contributed by atoms with Crippen LogP contribution in [-0.4, -0.2) is 28.9 Å². The third kappa shape index (κ3) is 4.47. The first kappa shape index (κ1) is 22.6. The maximum atomic E-state index is 13.2. The van der Waals surface area contributed by atoms with Crippen LogP contribution < -0.4 is 4.74 Å². The van der Waals surface area contributed by atoms with Gasteiger partial charge in [0, 0.05) is 19.6 Å². The van der Waals surface area contributed by atoms with Crippen LogP contribution in [-0.2, 0) is 12.0 Å². The molecule has 0 bridgehead atoms. The molecule has 2 aromatic rings. The summed E-state index contributed by atoms with van der Waals surface area (Å²) >= 11 is 0. The van der Waals surface area contributed by atoms with Crippen molar-refractivity contribution in [2.75, 3.05) is 13.1 Å². The lowest BCUT2D eigenvalue weighted by molar-refractivity contribution is 0.101. The number of nitrogens with zero attached hydrogens (tertiary/aromatic N) is 1. The lowest BCUT2D eigenvalue weighted by atomic mass is 9.86. The van der Waals surface area contributed by atoms with Gasteiger partial charge in [-0.2, -0.15) is 0 Å². The Hall–Kier alpha value is -2.59. The molecule has 1 saturated heterocycles. The van der Waals surface area contributed by atoms with Gasteiger partial charge < -0.3 is 9.84 Å². The number of allylic oxidation sites excluding steroid dienone is 1. The third-order valence-electron chi connectivity index (χ3n) is 6.62. The number of hydrogen-bond acceptors (Lipinski definition) is 4. The Labute approximate surface area is 191 Å². The molecule has 0 aromatic heterocycles. The molecule has 4 rings (SSSR count). The molecule has 2 aliphatic heterocycles. The fourth-order valence-electron chi connectivity index (χ4n) is 5.11. The van der Waals surface area contributed by atoms with E-state index in [1.54, 1.807) is 12.1 Å². The number of rotatable bonds is 3. The van der Waals surface area contributed by atoms with E-state index in [9.17, 15) is 9.90 Å². The van der Waals surface area contributed by atoms with Crippen LogP contribution in [0.4, 0.5) is 0 Å². The molecule has 0 spiro atoms. The number of ketones is 1. The van der Waals surface area contributed by atoms with Crippen molar-refractivity contribution in [3.05, 3.63) is 63.9 Å². The van der Waals surface area contributed by atoms with E-state index in [4.69, 9.17) is 4.74 Å². The molecular formula is C28H35NO3. The number of piperidine rings is 1. The van der Waals surface area contributed by atoms with Crippen molar-refractivity contribution < 1.29 is 14.6 Å². The molecule has 32 heavy (non-hydrogen) atoms. The van der Waals surface area contributed by atoms with Crippen molar-refractivity contribution in [3.8, 4) is 11.5 Å². The van der Waals surface area contributed by atoms with Crippen LogP contribution in [0.25, 0.3) is 6.08 Å². The van der Waals surface area contributed by atoms with Gasteiger partial charge in [-0.25, -0.2) is 0 Å². The Morgan fingerprint density at radius 2 is 1.75 bits per heavy atom. The van der Waals surface area contributed by atoms with Gasteiger partial charge in [-0.15, -0.1) is 0 Å². The molecule has 2 aliphatic rings. The van der Waals surface area contributed by atoms with E-state index in [0.717, 1.165) is 24.2 Å². The quantitative estimate of drug-likeness (QED) is 0.595. The highest BCUT2D eigenvalue weighted by Crippen LogP contribution is 2.42. The molecular weight excluding hydrogens is 398 g/mol. The summed E-state index contributed by atoms with van der Waals surface area (Å²) < 4.78 is 6.13. The molecule has 2 atom stereocenters. The van der Waals surface area contributed by atoms with E-state index in [1.165, 1.54) is 12.0 Å². The first-order valence-electron chi connectivity index (χ1n) is 11.7. The number of aryl methyl sites for hydroxylation is 1. The Morgan fingerprint density at radius 3 is 2.34 bits per heavy atom. The topological polar surface area (TPSA) is 49.8 Å². The Bertz CT molecular complexity index is 1050. The number of phenolic OH excluding ortho intramolecular Hbond substituents is 1. The molecule has 0 aliphatic carbocycles. The van der Waals surface area contributed by atoms with E-state index < -0.39 is 0 Å². The zero-order valence-electron chi connectivity index (χ0n) is 20.2. The van der Waals surface area contributed by atoms with Gasteiger partial charge in [-0.3, -0.25) is 9.69 Å².